The van der Waals surface area contributed by atoms with Crippen LogP contribution < -0.4 is 4.74 Å². The Balaban J connectivity index is 2.04. The molecule has 0 spiro atoms. The molecule has 0 amide bonds. The Morgan fingerprint density at radius 1 is 0.900 bits per heavy atom. The zero-order valence-electron chi connectivity index (χ0n) is 11.1. The molecule has 2 aromatic carbocycles. The van der Waals surface area contributed by atoms with Gasteiger partial charge in [0.05, 0.1) is 5.56 Å². The van der Waals surface area contributed by atoms with Crippen molar-refractivity contribution < 1.29 is 17.9 Å². The van der Waals surface area contributed by atoms with E-state index in [0.29, 0.717) is 12.4 Å². The lowest BCUT2D eigenvalue weighted by Crippen LogP contribution is -2.04. The van der Waals surface area contributed by atoms with Crippen molar-refractivity contribution >= 4 is 0 Å². The van der Waals surface area contributed by atoms with E-state index < -0.39 is 11.7 Å². The zero-order valence-corrected chi connectivity index (χ0v) is 11.1. The van der Waals surface area contributed by atoms with Crippen LogP contribution in [0.1, 0.15) is 23.6 Å². The van der Waals surface area contributed by atoms with Gasteiger partial charge in [0.1, 0.15) is 12.4 Å². The third-order valence-electron chi connectivity index (χ3n) is 3.08. The normalized spacial score (nSPS) is 11.4. The Morgan fingerprint density at radius 3 is 2.05 bits per heavy atom. The van der Waals surface area contributed by atoms with Gasteiger partial charge in [-0.05, 0) is 41.8 Å². The fourth-order valence-electron chi connectivity index (χ4n) is 1.94. The summed E-state index contributed by atoms with van der Waals surface area (Å²) in [4.78, 5) is 0. The van der Waals surface area contributed by atoms with Crippen molar-refractivity contribution in [2.45, 2.75) is 26.1 Å². The highest BCUT2D eigenvalue weighted by molar-refractivity contribution is 5.30. The van der Waals surface area contributed by atoms with Crippen molar-refractivity contribution in [1.82, 2.24) is 0 Å². The third kappa shape index (κ3) is 3.53. The Hall–Kier alpha value is -1.97. The summed E-state index contributed by atoms with van der Waals surface area (Å²) in [6, 6.07) is 12.6. The number of ether oxygens (including phenoxy) is 1. The molecule has 2 rings (SSSR count). The van der Waals surface area contributed by atoms with Crippen molar-refractivity contribution in [3.8, 4) is 5.75 Å². The smallest absolute Gasteiger partial charge is 0.416 e. The van der Waals surface area contributed by atoms with E-state index in [1.807, 2.05) is 24.3 Å². The monoisotopic (exact) mass is 280 g/mol. The summed E-state index contributed by atoms with van der Waals surface area (Å²) in [5.41, 5.74) is 1.56. The minimum atomic E-state index is -4.31. The van der Waals surface area contributed by atoms with E-state index in [2.05, 4.69) is 6.92 Å². The molecule has 0 radical (unpaired) electrons. The van der Waals surface area contributed by atoms with E-state index in [1.165, 1.54) is 17.7 Å². The summed E-state index contributed by atoms with van der Waals surface area (Å²) in [6.45, 7) is 2.41. The largest absolute Gasteiger partial charge is 0.489 e. The van der Waals surface area contributed by atoms with E-state index in [4.69, 9.17) is 4.74 Å². The van der Waals surface area contributed by atoms with Gasteiger partial charge in [0.2, 0.25) is 0 Å². The van der Waals surface area contributed by atoms with Crippen LogP contribution in [0.5, 0.6) is 5.75 Å². The van der Waals surface area contributed by atoms with Crippen LogP contribution in [0, 0.1) is 0 Å². The molecule has 0 N–H and O–H groups in total. The van der Waals surface area contributed by atoms with Gasteiger partial charge in [0.15, 0.2) is 0 Å². The molecule has 0 aliphatic rings. The molecule has 0 aliphatic carbocycles. The van der Waals surface area contributed by atoms with E-state index >= 15 is 0 Å². The standard InChI is InChI=1S/C16H15F3O/c1-2-12-5-3-4-6-13(12)11-20-15-9-7-14(8-10-15)16(17,18)19/h3-10H,2,11H2,1H3. The topological polar surface area (TPSA) is 9.23 Å². The molecule has 0 aromatic heterocycles. The van der Waals surface area contributed by atoms with Crippen LogP contribution in [0.3, 0.4) is 0 Å². The maximum atomic E-state index is 12.4. The number of benzene rings is 2. The Labute approximate surface area is 116 Å². The minimum Gasteiger partial charge on any atom is -0.489 e. The Morgan fingerprint density at radius 2 is 1.50 bits per heavy atom. The van der Waals surface area contributed by atoms with Crippen molar-refractivity contribution in [1.29, 1.82) is 0 Å². The van der Waals surface area contributed by atoms with Crippen LogP contribution in [-0.4, -0.2) is 0 Å². The Bertz CT molecular complexity index is 559. The maximum Gasteiger partial charge on any atom is 0.416 e. The molecule has 4 heteroatoms. The molecule has 20 heavy (non-hydrogen) atoms. The van der Waals surface area contributed by atoms with E-state index in [1.54, 1.807) is 0 Å². The lowest BCUT2D eigenvalue weighted by atomic mass is 10.1. The van der Waals surface area contributed by atoms with Gasteiger partial charge in [-0.2, -0.15) is 13.2 Å². The molecular weight excluding hydrogens is 265 g/mol. The summed E-state index contributed by atoms with van der Waals surface area (Å²) in [5.74, 6) is 0.434. The van der Waals surface area contributed by atoms with Gasteiger partial charge in [-0.1, -0.05) is 31.2 Å². The molecule has 0 unspecified atom stereocenters. The van der Waals surface area contributed by atoms with Gasteiger partial charge < -0.3 is 4.74 Å². The molecule has 0 atom stereocenters. The first-order chi connectivity index (χ1) is 9.50. The summed E-state index contributed by atoms with van der Waals surface area (Å²) in [5, 5.41) is 0. The summed E-state index contributed by atoms with van der Waals surface area (Å²) in [6.07, 6.45) is -3.42. The number of aryl methyl sites for hydroxylation is 1. The van der Waals surface area contributed by atoms with Gasteiger partial charge in [-0.3, -0.25) is 0 Å². The average Bonchev–Trinajstić information content (AvgIpc) is 2.45. The van der Waals surface area contributed by atoms with Crippen LogP contribution in [0.2, 0.25) is 0 Å². The third-order valence-corrected chi connectivity index (χ3v) is 3.08. The van der Waals surface area contributed by atoms with Crippen molar-refractivity contribution in [3.05, 3.63) is 65.2 Å². The van der Waals surface area contributed by atoms with Crippen LogP contribution in [-0.2, 0) is 19.2 Å². The number of alkyl halides is 3. The quantitative estimate of drug-likeness (QED) is 0.778. The molecule has 0 heterocycles. The number of hydrogen-bond acceptors (Lipinski definition) is 1. The highest BCUT2D eigenvalue weighted by atomic mass is 19.4. The number of hydrogen-bond donors (Lipinski definition) is 0. The molecule has 0 saturated heterocycles. The predicted molar refractivity (Wildman–Crippen MR) is 71.6 cm³/mol. The molecule has 2 aromatic rings. The first kappa shape index (κ1) is 14.4. The van der Waals surface area contributed by atoms with Crippen LogP contribution >= 0.6 is 0 Å². The summed E-state index contributed by atoms with van der Waals surface area (Å²) < 4.78 is 42.8. The molecule has 0 saturated carbocycles. The average molecular weight is 280 g/mol. The maximum absolute atomic E-state index is 12.4. The molecule has 0 fully saturated rings. The summed E-state index contributed by atoms with van der Waals surface area (Å²) in [7, 11) is 0. The second kappa shape index (κ2) is 5.99. The van der Waals surface area contributed by atoms with Crippen LogP contribution in [0.15, 0.2) is 48.5 Å². The predicted octanol–water partition coefficient (Wildman–Crippen LogP) is 4.85. The second-order valence-corrected chi connectivity index (χ2v) is 4.43. The fraction of sp³-hybridized carbons (Fsp3) is 0.250. The van der Waals surface area contributed by atoms with E-state index in [-0.39, 0.29) is 0 Å². The van der Waals surface area contributed by atoms with Gasteiger partial charge in [0, 0.05) is 0 Å². The second-order valence-electron chi connectivity index (χ2n) is 4.43. The highest BCUT2D eigenvalue weighted by Gasteiger charge is 2.29. The first-order valence-corrected chi connectivity index (χ1v) is 6.37. The van der Waals surface area contributed by atoms with Crippen LogP contribution in [0.25, 0.3) is 0 Å². The molecular formula is C16H15F3O. The minimum absolute atomic E-state index is 0.357. The highest BCUT2D eigenvalue weighted by Crippen LogP contribution is 2.30. The van der Waals surface area contributed by atoms with E-state index in [9.17, 15) is 13.2 Å². The summed E-state index contributed by atoms with van der Waals surface area (Å²) >= 11 is 0. The number of halogens is 3. The molecule has 0 bridgehead atoms. The van der Waals surface area contributed by atoms with Gasteiger partial charge in [-0.15, -0.1) is 0 Å². The Kier molecular flexibility index (Phi) is 4.32. The van der Waals surface area contributed by atoms with Crippen molar-refractivity contribution in [2.75, 3.05) is 0 Å². The lowest BCUT2D eigenvalue weighted by molar-refractivity contribution is -0.137. The fourth-order valence-corrected chi connectivity index (χ4v) is 1.94. The molecule has 1 nitrogen and oxygen atoms in total. The zero-order chi connectivity index (χ0) is 14.6. The van der Waals surface area contributed by atoms with Crippen molar-refractivity contribution in [2.24, 2.45) is 0 Å². The van der Waals surface area contributed by atoms with Crippen molar-refractivity contribution in [3.63, 3.8) is 0 Å². The molecule has 0 aliphatic heterocycles. The van der Waals surface area contributed by atoms with E-state index in [0.717, 1.165) is 24.1 Å². The molecule has 106 valence electrons. The van der Waals surface area contributed by atoms with Gasteiger partial charge in [-0.25, -0.2) is 0 Å². The number of rotatable bonds is 4. The lowest BCUT2D eigenvalue weighted by Gasteiger charge is -2.11. The van der Waals surface area contributed by atoms with Gasteiger partial charge in [0.25, 0.3) is 0 Å². The van der Waals surface area contributed by atoms with Gasteiger partial charge >= 0.3 is 6.18 Å². The SMILES string of the molecule is CCc1ccccc1COc1ccc(C(F)(F)F)cc1. The van der Waals surface area contributed by atoms with Crippen LogP contribution in [0.4, 0.5) is 13.2 Å². The first-order valence-electron chi connectivity index (χ1n) is 6.37.